The molecule has 4 aromatic rings. The summed E-state index contributed by atoms with van der Waals surface area (Å²) >= 11 is 0. The molecule has 0 aliphatic carbocycles. The standard InChI is InChI=1S/C36H44F3N9O3/c1-46-18-12-26(13-19-46)24-48-17-5-7-28(48)23-42-45-35(49)44-32-21-30-31(22-33(32)50-20-6-16-47-14-3-2-4-15-47)40-25-41-34(30)43-27-8-10-29(11-9-27)51-36(37,38)39/h5,7-11,17,21-23,25-26H,2-4,6,12-16,18-20,24H2,1H3,(H,40,41,43)(H2,44,45,49)/b42-23+. The molecule has 2 saturated heterocycles. The normalized spacial score (nSPS) is 16.4. The van der Waals surface area contributed by atoms with E-state index in [9.17, 15) is 18.0 Å². The number of nitrogens with zero attached hydrogens (tertiary/aromatic N) is 6. The third kappa shape index (κ3) is 10.6. The molecule has 2 aliphatic rings. The van der Waals surface area contributed by atoms with Crippen molar-refractivity contribution >= 4 is 40.3 Å². The lowest BCUT2D eigenvalue weighted by Crippen LogP contribution is -2.32. The Morgan fingerprint density at radius 3 is 2.59 bits per heavy atom. The van der Waals surface area contributed by atoms with E-state index in [1.165, 1.54) is 49.9 Å². The number of hydrazone groups is 1. The highest BCUT2D eigenvalue weighted by Crippen LogP contribution is 2.34. The Kier molecular flexibility index (Phi) is 11.9. The second-order valence-corrected chi connectivity index (χ2v) is 13.0. The van der Waals surface area contributed by atoms with Crippen LogP contribution in [0.4, 0.5) is 35.2 Å². The number of hydrogen-bond donors (Lipinski definition) is 3. The Morgan fingerprint density at radius 1 is 1.04 bits per heavy atom. The number of hydrogen-bond acceptors (Lipinski definition) is 9. The minimum absolute atomic E-state index is 0.340. The van der Waals surface area contributed by atoms with Gasteiger partial charge in [-0.3, -0.25) is 0 Å². The number of alkyl halides is 3. The second kappa shape index (κ2) is 16.9. The largest absolute Gasteiger partial charge is 0.573 e. The van der Waals surface area contributed by atoms with Gasteiger partial charge in [-0.25, -0.2) is 20.2 Å². The summed E-state index contributed by atoms with van der Waals surface area (Å²) in [4.78, 5) is 26.7. The summed E-state index contributed by atoms with van der Waals surface area (Å²) in [6.07, 6.45) is 7.05. The first-order valence-corrected chi connectivity index (χ1v) is 17.4. The number of halogens is 3. The smallest absolute Gasteiger partial charge is 0.491 e. The van der Waals surface area contributed by atoms with E-state index in [1.54, 1.807) is 18.3 Å². The van der Waals surface area contributed by atoms with Gasteiger partial charge in [-0.1, -0.05) is 6.42 Å². The number of piperidine rings is 2. The molecule has 0 bridgehead atoms. The summed E-state index contributed by atoms with van der Waals surface area (Å²) in [6.45, 7) is 6.63. The van der Waals surface area contributed by atoms with Gasteiger partial charge in [-0.15, -0.1) is 13.2 Å². The molecule has 0 radical (unpaired) electrons. The third-order valence-corrected chi connectivity index (χ3v) is 9.18. The van der Waals surface area contributed by atoms with Gasteiger partial charge in [-0.2, -0.15) is 5.10 Å². The van der Waals surface area contributed by atoms with Crippen LogP contribution in [0.15, 0.2) is 66.2 Å². The van der Waals surface area contributed by atoms with Crippen molar-refractivity contribution < 1.29 is 27.4 Å². The summed E-state index contributed by atoms with van der Waals surface area (Å²) in [6, 6.07) is 12.1. The molecule has 0 atom stereocenters. The van der Waals surface area contributed by atoms with Gasteiger partial charge in [0, 0.05) is 36.4 Å². The van der Waals surface area contributed by atoms with E-state index in [0.29, 0.717) is 46.4 Å². The fourth-order valence-corrected chi connectivity index (χ4v) is 6.47. The van der Waals surface area contributed by atoms with E-state index in [1.807, 2.05) is 18.3 Å². The van der Waals surface area contributed by atoms with Crippen molar-refractivity contribution in [1.29, 1.82) is 0 Å². The zero-order valence-corrected chi connectivity index (χ0v) is 28.7. The molecule has 3 N–H and O–H groups in total. The van der Waals surface area contributed by atoms with Crippen molar-refractivity contribution in [3.63, 3.8) is 0 Å². The van der Waals surface area contributed by atoms with E-state index in [-0.39, 0.29) is 5.75 Å². The highest BCUT2D eigenvalue weighted by Gasteiger charge is 2.31. The van der Waals surface area contributed by atoms with Crippen LogP contribution in [0.2, 0.25) is 0 Å². The van der Waals surface area contributed by atoms with Gasteiger partial charge in [0.25, 0.3) is 0 Å². The highest BCUT2D eigenvalue weighted by molar-refractivity contribution is 5.99. The number of benzene rings is 2. The number of urea groups is 1. The highest BCUT2D eigenvalue weighted by atomic mass is 19.4. The Labute approximate surface area is 295 Å². The topological polar surface area (TPSA) is 121 Å². The van der Waals surface area contributed by atoms with E-state index in [2.05, 4.69) is 57.3 Å². The molecule has 0 unspecified atom stereocenters. The molecule has 15 heteroatoms. The molecule has 2 amide bonds. The molecule has 12 nitrogen and oxygen atoms in total. The number of ether oxygens (including phenoxy) is 2. The fourth-order valence-electron chi connectivity index (χ4n) is 6.47. The molecular formula is C36H44F3N9O3. The van der Waals surface area contributed by atoms with E-state index in [0.717, 1.165) is 64.2 Å². The fraction of sp³-hybridized carbons (Fsp3) is 0.444. The van der Waals surface area contributed by atoms with E-state index >= 15 is 0 Å². The van der Waals surface area contributed by atoms with Crippen LogP contribution < -0.4 is 25.5 Å². The number of amides is 2. The number of rotatable bonds is 13. The predicted octanol–water partition coefficient (Wildman–Crippen LogP) is 6.83. The number of fused-ring (bicyclic) bond motifs is 1. The summed E-state index contributed by atoms with van der Waals surface area (Å²) in [5, 5.41) is 10.8. The SMILES string of the molecule is CN1CCC(Cn2cccc2/C=N/NC(=O)Nc2cc3c(Nc4ccc(OC(F)(F)F)cc4)ncnc3cc2OCCCN2CCCCC2)CC1. The van der Waals surface area contributed by atoms with Crippen LogP contribution in [-0.4, -0.2) is 89.3 Å². The van der Waals surface area contributed by atoms with Gasteiger partial charge in [0.15, 0.2) is 0 Å². The minimum Gasteiger partial charge on any atom is -0.491 e. The summed E-state index contributed by atoms with van der Waals surface area (Å²) in [7, 11) is 2.15. The van der Waals surface area contributed by atoms with Gasteiger partial charge in [0.1, 0.15) is 23.6 Å². The molecular weight excluding hydrogens is 663 g/mol. The van der Waals surface area contributed by atoms with Crippen LogP contribution in [-0.2, 0) is 6.54 Å². The first-order valence-electron chi connectivity index (χ1n) is 17.4. The van der Waals surface area contributed by atoms with E-state index in [4.69, 9.17) is 4.74 Å². The number of carbonyl (C=O) groups excluding carboxylic acids is 1. The molecule has 51 heavy (non-hydrogen) atoms. The maximum Gasteiger partial charge on any atom is 0.573 e. The van der Waals surface area contributed by atoms with Crippen molar-refractivity contribution in [2.45, 2.75) is 51.4 Å². The number of aromatic nitrogens is 3. The molecule has 2 aromatic heterocycles. The van der Waals surface area contributed by atoms with Crippen molar-refractivity contribution in [3.8, 4) is 11.5 Å². The van der Waals surface area contributed by atoms with Crippen molar-refractivity contribution in [2.75, 3.05) is 57.0 Å². The first kappa shape index (κ1) is 35.9. The zero-order chi connectivity index (χ0) is 35.6. The van der Waals surface area contributed by atoms with Crippen molar-refractivity contribution in [2.24, 2.45) is 11.0 Å². The number of carbonyl (C=O) groups is 1. The number of anilines is 3. The molecule has 272 valence electrons. The summed E-state index contributed by atoms with van der Waals surface area (Å²) in [5.74, 6) is 1.07. The summed E-state index contributed by atoms with van der Waals surface area (Å²) < 4.78 is 50.2. The van der Waals surface area contributed by atoms with Gasteiger partial charge in [0.05, 0.1) is 29.7 Å². The van der Waals surface area contributed by atoms with Gasteiger partial charge < -0.3 is 34.5 Å². The van der Waals surface area contributed by atoms with Crippen molar-refractivity contribution in [1.82, 2.24) is 29.8 Å². The van der Waals surface area contributed by atoms with Crippen molar-refractivity contribution in [3.05, 3.63) is 66.7 Å². The number of nitrogens with one attached hydrogen (secondary N) is 3. The molecule has 6 rings (SSSR count). The Bertz CT molecular complexity index is 1770. The van der Waals surface area contributed by atoms with Gasteiger partial charge in [0.2, 0.25) is 0 Å². The average molecular weight is 708 g/mol. The first-order chi connectivity index (χ1) is 24.7. The van der Waals surface area contributed by atoms with Gasteiger partial charge >= 0.3 is 12.4 Å². The molecule has 2 aliphatic heterocycles. The van der Waals surface area contributed by atoms with Crippen LogP contribution in [0.1, 0.15) is 44.2 Å². The lowest BCUT2D eigenvalue weighted by Gasteiger charge is -2.29. The quantitative estimate of drug-likeness (QED) is 0.0787. The summed E-state index contributed by atoms with van der Waals surface area (Å²) in [5.41, 5.74) is 4.86. The minimum atomic E-state index is -4.79. The lowest BCUT2D eigenvalue weighted by atomic mass is 9.97. The zero-order valence-electron chi connectivity index (χ0n) is 28.7. The number of likely N-dealkylation sites (tertiary alicyclic amines) is 2. The van der Waals surface area contributed by atoms with Crippen LogP contribution in [0.3, 0.4) is 0 Å². The molecule has 2 fully saturated rings. The second-order valence-electron chi connectivity index (χ2n) is 13.0. The monoisotopic (exact) mass is 707 g/mol. The maximum absolute atomic E-state index is 13.2. The Morgan fingerprint density at radius 2 is 1.82 bits per heavy atom. The molecule has 0 saturated carbocycles. The van der Waals surface area contributed by atoms with Gasteiger partial charge in [-0.05, 0) is 114 Å². The Balaban J connectivity index is 1.15. The van der Waals surface area contributed by atoms with Crippen LogP contribution in [0.5, 0.6) is 11.5 Å². The van der Waals surface area contributed by atoms with Crippen LogP contribution in [0.25, 0.3) is 10.9 Å². The molecule has 0 spiro atoms. The van der Waals surface area contributed by atoms with Crippen LogP contribution in [0, 0.1) is 5.92 Å². The lowest BCUT2D eigenvalue weighted by molar-refractivity contribution is -0.274. The predicted molar refractivity (Wildman–Crippen MR) is 191 cm³/mol. The maximum atomic E-state index is 13.2. The molecule has 4 heterocycles. The average Bonchev–Trinajstić information content (AvgIpc) is 3.55. The van der Waals surface area contributed by atoms with E-state index < -0.39 is 12.4 Å². The van der Waals surface area contributed by atoms with Crippen LogP contribution >= 0.6 is 0 Å². The molecule has 2 aromatic carbocycles. The Hall–Kier alpha value is -4.89. The third-order valence-electron chi connectivity index (χ3n) is 9.18.